The molecule has 0 radical (unpaired) electrons. The first kappa shape index (κ1) is 13.1. The molecular formula is C14H12ClIN2O. The van der Waals surface area contributed by atoms with E-state index in [2.05, 4.69) is 32.6 Å². The molecule has 0 amide bonds. The van der Waals surface area contributed by atoms with E-state index >= 15 is 0 Å². The minimum atomic E-state index is -0.0328. The summed E-state index contributed by atoms with van der Waals surface area (Å²) >= 11 is 8.05. The van der Waals surface area contributed by atoms with Crippen molar-refractivity contribution in [3.63, 3.8) is 0 Å². The SMILES string of the molecule is O=c1[nH]c(Cc2cccc(Cl)c2)nc(C2CC2)c1I. The fourth-order valence-electron chi connectivity index (χ4n) is 2.08. The van der Waals surface area contributed by atoms with Gasteiger partial charge in [0.05, 0.1) is 9.26 Å². The van der Waals surface area contributed by atoms with Crippen LogP contribution in [-0.4, -0.2) is 9.97 Å². The Morgan fingerprint density at radius 3 is 2.89 bits per heavy atom. The van der Waals surface area contributed by atoms with Gasteiger partial charge in [-0.2, -0.15) is 0 Å². The quantitative estimate of drug-likeness (QED) is 0.821. The number of halogens is 2. The first-order valence-electron chi connectivity index (χ1n) is 6.16. The van der Waals surface area contributed by atoms with Crippen molar-refractivity contribution < 1.29 is 0 Å². The average Bonchev–Trinajstić information content (AvgIpc) is 3.18. The Labute approximate surface area is 129 Å². The zero-order valence-electron chi connectivity index (χ0n) is 10.1. The van der Waals surface area contributed by atoms with Crippen LogP contribution in [0.15, 0.2) is 29.1 Å². The van der Waals surface area contributed by atoms with Crippen LogP contribution in [0.5, 0.6) is 0 Å². The minimum absolute atomic E-state index is 0.0328. The summed E-state index contributed by atoms with van der Waals surface area (Å²) in [5, 5.41) is 0.702. The molecule has 1 aliphatic rings. The lowest BCUT2D eigenvalue weighted by Gasteiger charge is -2.06. The average molecular weight is 387 g/mol. The fourth-order valence-corrected chi connectivity index (χ4v) is 2.98. The zero-order chi connectivity index (χ0) is 13.4. The van der Waals surface area contributed by atoms with E-state index < -0.39 is 0 Å². The van der Waals surface area contributed by atoms with Gasteiger partial charge in [0.25, 0.3) is 5.56 Å². The van der Waals surface area contributed by atoms with E-state index in [0.717, 1.165) is 33.5 Å². The van der Waals surface area contributed by atoms with Crippen molar-refractivity contribution in [3.05, 3.63) is 60.3 Å². The molecule has 2 aromatic rings. The molecule has 0 bridgehead atoms. The highest BCUT2D eigenvalue weighted by atomic mass is 127. The second kappa shape index (κ2) is 5.25. The lowest BCUT2D eigenvalue weighted by Crippen LogP contribution is -2.18. The summed E-state index contributed by atoms with van der Waals surface area (Å²) in [7, 11) is 0. The molecule has 19 heavy (non-hydrogen) atoms. The fraction of sp³-hybridized carbons (Fsp3) is 0.286. The number of hydrogen-bond acceptors (Lipinski definition) is 2. The van der Waals surface area contributed by atoms with Crippen LogP contribution in [0.25, 0.3) is 0 Å². The van der Waals surface area contributed by atoms with Gasteiger partial charge >= 0.3 is 0 Å². The molecule has 0 saturated heterocycles. The van der Waals surface area contributed by atoms with Gasteiger partial charge in [0.2, 0.25) is 0 Å². The summed E-state index contributed by atoms with van der Waals surface area (Å²) in [5.41, 5.74) is 1.98. The van der Waals surface area contributed by atoms with E-state index in [4.69, 9.17) is 11.6 Å². The third-order valence-electron chi connectivity index (χ3n) is 3.16. The van der Waals surface area contributed by atoms with Gasteiger partial charge in [0.15, 0.2) is 0 Å². The molecule has 0 spiro atoms. The number of benzene rings is 1. The van der Waals surface area contributed by atoms with Crippen molar-refractivity contribution >= 4 is 34.2 Å². The highest BCUT2D eigenvalue weighted by molar-refractivity contribution is 14.1. The molecule has 1 aromatic carbocycles. The van der Waals surface area contributed by atoms with Gasteiger partial charge in [-0.15, -0.1) is 0 Å². The van der Waals surface area contributed by atoms with Crippen molar-refractivity contribution in [1.29, 1.82) is 0 Å². The predicted octanol–water partition coefficient (Wildman–Crippen LogP) is 3.50. The van der Waals surface area contributed by atoms with Gasteiger partial charge in [0, 0.05) is 17.4 Å². The highest BCUT2D eigenvalue weighted by Gasteiger charge is 2.28. The van der Waals surface area contributed by atoms with Crippen LogP contribution in [0.4, 0.5) is 0 Å². The third-order valence-corrected chi connectivity index (χ3v) is 4.44. The monoisotopic (exact) mass is 386 g/mol. The first-order chi connectivity index (χ1) is 9.13. The van der Waals surface area contributed by atoms with Crippen LogP contribution in [0, 0.1) is 3.57 Å². The van der Waals surface area contributed by atoms with Crippen molar-refractivity contribution in [1.82, 2.24) is 9.97 Å². The summed E-state index contributed by atoms with van der Waals surface area (Å²) in [6.07, 6.45) is 2.89. The minimum Gasteiger partial charge on any atom is -0.309 e. The molecule has 3 rings (SSSR count). The molecule has 1 fully saturated rings. The smallest absolute Gasteiger partial charge is 0.264 e. The Bertz CT molecular complexity index is 679. The van der Waals surface area contributed by atoms with Gasteiger partial charge in [-0.1, -0.05) is 23.7 Å². The molecule has 1 heterocycles. The van der Waals surface area contributed by atoms with Crippen LogP contribution < -0.4 is 5.56 Å². The lowest BCUT2D eigenvalue weighted by molar-refractivity contribution is 0.869. The van der Waals surface area contributed by atoms with Crippen LogP contribution in [0.3, 0.4) is 0 Å². The first-order valence-corrected chi connectivity index (χ1v) is 7.62. The standard InChI is InChI=1S/C14H12ClIN2O/c15-10-3-1-2-8(6-10)7-11-17-13(9-4-5-9)12(16)14(19)18-11/h1-3,6,9H,4-5,7H2,(H,17,18,19). The van der Waals surface area contributed by atoms with E-state index in [1.165, 1.54) is 0 Å². The topological polar surface area (TPSA) is 45.8 Å². The van der Waals surface area contributed by atoms with Gasteiger partial charge in [-0.05, 0) is 53.1 Å². The van der Waals surface area contributed by atoms with E-state index in [1.54, 1.807) is 0 Å². The van der Waals surface area contributed by atoms with Gasteiger partial charge in [-0.3, -0.25) is 4.79 Å². The van der Waals surface area contributed by atoms with Crippen LogP contribution in [0.1, 0.15) is 35.8 Å². The molecule has 1 N–H and O–H groups in total. The van der Waals surface area contributed by atoms with Gasteiger partial charge in [-0.25, -0.2) is 4.98 Å². The van der Waals surface area contributed by atoms with E-state index in [9.17, 15) is 4.79 Å². The molecule has 98 valence electrons. The Morgan fingerprint density at radius 2 is 2.21 bits per heavy atom. The summed E-state index contributed by atoms with van der Waals surface area (Å²) in [6.45, 7) is 0. The molecule has 1 saturated carbocycles. The zero-order valence-corrected chi connectivity index (χ0v) is 13.0. The van der Waals surface area contributed by atoms with E-state index in [0.29, 0.717) is 17.4 Å². The summed E-state index contributed by atoms with van der Waals surface area (Å²) < 4.78 is 0.731. The second-order valence-corrected chi connectivity index (χ2v) is 6.31. The molecule has 0 unspecified atom stereocenters. The van der Waals surface area contributed by atoms with Crippen LogP contribution in [0.2, 0.25) is 5.02 Å². The molecule has 5 heteroatoms. The maximum absolute atomic E-state index is 11.9. The summed E-state index contributed by atoms with van der Waals surface area (Å²) in [4.78, 5) is 19.4. The summed E-state index contributed by atoms with van der Waals surface area (Å²) in [5.74, 6) is 1.20. The Kier molecular flexibility index (Phi) is 3.62. The molecule has 3 nitrogen and oxygen atoms in total. The van der Waals surface area contributed by atoms with Crippen molar-refractivity contribution in [2.75, 3.05) is 0 Å². The number of H-pyrrole nitrogens is 1. The Hall–Kier alpha value is -0.880. The second-order valence-electron chi connectivity index (χ2n) is 4.79. The number of aromatic nitrogens is 2. The van der Waals surface area contributed by atoms with Crippen molar-refractivity contribution in [2.45, 2.75) is 25.2 Å². The van der Waals surface area contributed by atoms with E-state index in [-0.39, 0.29) is 5.56 Å². The maximum atomic E-state index is 11.9. The summed E-state index contributed by atoms with van der Waals surface area (Å²) in [6, 6.07) is 7.63. The van der Waals surface area contributed by atoms with Crippen LogP contribution in [-0.2, 0) is 6.42 Å². The lowest BCUT2D eigenvalue weighted by atomic mass is 10.1. The van der Waals surface area contributed by atoms with Crippen LogP contribution >= 0.6 is 34.2 Å². The van der Waals surface area contributed by atoms with Crippen molar-refractivity contribution in [3.8, 4) is 0 Å². The van der Waals surface area contributed by atoms with E-state index in [1.807, 2.05) is 24.3 Å². The largest absolute Gasteiger partial charge is 0.309 e. The van der Waals surface area contributed by atoms with Gasteiger partial charge < -0.3 is 4.98 Å². The number of rotatable bonds is 3. The normalized spacial score (nSPS) is 14.6. The Balaban J connectivity index is 1.95. The number of nitrogens with one attached hydrogen (secondary N) is 1. The highest BCUT2D eigenvalue weighted by Crippen LogP contribution is 2.40. The number of hydrogen-bond donors (Lipinski definition) is 1. The molecule has 1 aromatic heterocycles. The van der Waals surface area contributed by atoms with Crippen molar-refractivity contribution in [2.24, 2.45) is 0 Å². The Morgan fingerprint density at radius 1 is 1.42 bits per heavy atom. The predicted molar refractivity (Wildman–Crippen MR) is 83.8 cm³/mol. The van der Waals surface area contributed by atoms with Gasteiger partial charge in [0.1, 0.15) is 5.82 Å². The number of aromatic amines is 1. The number of nitrogens with zero attached hydrogens (tertiary/aromatic N) is 1. The maximum Gasteiger partial charge on any atom is 0.264 e. The molecular weight excluding hydrogens is 375 g/mol. The molecule has 1 aliphatic carbocycles. The molecule has 0 aliphatic heterocycles. The molecule has 0 atom stereocenters. The third kappa shape index (κ3) is 3.00.